The molecule has 0 aromatic carbocycles. The molecule has 0 aliphatic heterocycles. The Balaban J connectivity index is 2.17. The van der Waals surface area contributed by atoms with Gasteiger partial charge in [-0.25, -0.2) is 15.8 Å². The Hall–Kier alpha value is -1.36. The lowest BCUT2D eigenvalue weighted by molar-refractivity contribution is 0.349. The van der Waals surface area contributed by atoms with Crippen LogP contribution in [0, 0.1) is 5.92 Å². The third-order valence-corrected chi connectivity index (χ3v) is 3.87. The number of hydrogen-bond acceptors (Lipinski definition) is 5. The molecule has 1 aromatic heterocycles. The van der Waals surface area contributed by atoms with Crippen LogP contribution in [0.15, 0.2) is 6.33 Å². The first-order valence-corrected chi connectivity index (χ1v) is 6.83. The molecule has 0 radical (unpaired) electrons. The number of hydrazine groups is 1. The molecule has 4 N–H and O–H groups in total. The average molecular weight is 249 g/mol. The second kappa shape index (κ2) is 6.00. The molecule has 1 saturated carbocycles. The van der Waals surface area contributed by atoms with Gasteiger partial charge in [0.2, 0.25) is 0 Å². The van der Waals surface area contributed by atoms with Crippen LogP contribution in [0.3, 0.4) is 0 Å². The highest BCUT2D eigenvalue weighted by molar-refractivity contribution is 5.57. The van der Waals surface area contributed by atoms with Gasteiger partial charge in [0.05, 0.1) is 0 Å². The number of nitrogen functional groups attached to an aromatic ring is 1. The average Bonchev–Trinajstić information content (AvgIpc) is 2.41. The Morgan fingerprint density at radius 1 is 1.28 bits per heavy atom. The first kappa shape index (κ1) is 13.1. The van der Waals surface area contributed by atoms with E-state index in [2.05, 4.69) is 34.6 Å². The van der Waals surface area contributed by atoms with E-state index in [0.29, 0.717) is 12.0 Å². The lowest BCUT2D eigenvalue weighted by Crippen LogP contribution is -2.31. The second-order valence-electron chi connectivity index (χ2n) is 5.06. The first-order valence-electron chi connectivity index (χ1n) is 6.83. The summed E-state index contributed by atoms with van der Waals surface area (Å²) < 4.78 is 0. The maximum absolute atomic E-state index is 5.49. The van der Waals surface area contributed by atoms with E-state index in [1.54, 1.807) is 6.33 Å². The fraction of sp³-hybridized carbons (Fsp3) is 0.692. The minimum atomic E-state index is 0.518. The zero-order valence-electron chi connectivity index (χ0n) is 11.2. The van der Waals surface area contributed by atoms with Crippen LogP contribution in [0.25, 0.3) is 0 Å². The van der Waals surface area contributed by atoms with Gasteiger partial charge < -0.3 is 10.7 Å². The highest BCUT2D eigenvalue weighted by Gasteiger charge is 2.22. The number of hydrogen-bond donors (Lipinski definition) is 3. The Morgan fingerprint density at radius 2 is 2.00 bits per heavy atom. The van der Waals surface area contributed by atoms with Gasteiger partial charge in [0.25, 0.3) is 0 Å². The summed E-state index contributed by atoms with van der Waals surface area (Å²) in [5.74, 6) is 7.84. The Kier molecular flexibility index (Phi) is 4.36. The van der Waals surface area contributed by atoms with Crippen LogP contribution in [0.2, 0.25) is 0 Å². The van der Waals surface area contributed by atoms with E-state index in [1.165, 1.54) is 25.7 Å². The molecule has 1 aliphatic carbocycles. The van der Waals surface area contributed by atoms with Gasteiger partial charge in [-0.3, -0.25) is 0 Å². The zero-order chi connectivity index (χ0) is 13.0. The highest BCUT2D eigenvalue weighted by Crippen LogP contribution is 2.28. The molecule has 2 rings (SSSR count). The molecule has 1 aromatic rings. The van der Waals surface area contributed by atoms with Crippen molar-refractivity contribution in [2.45, 2.75) is 52.0 Å². The molecule has 0 amide bonds. The van der Waals surface area contributed by atoms with Crippen LogP contribution in [0.5, 0.6) is 0 Å². The van der Waals surface area contributed by atoms with Gasteiger partial charge in [-0.2, -0.15) is 0 Å². The first-order chi connectivity index (χ1) is 8.76. The molecule has 1 aliphatic rings. The predicted octanol–water partition coefficient (Wildman–Crippen LogP) is 2.32. The fourth-order valence-corrected chi connectivity index (χ4v) is 2.70. The van der Waals surface area contributed by atoms with Crippen LogP contribution in [-0.4, -0.2) is 16.0 Å². The largest absolute Gasteiger partial charge is 0.367 e. The maximum atomic E-state index is 5.49. The van der Waals surface area contributed by atoms with Gasteiger partial charge in [0.1, 0.15) is 18.0 Å². The second-order valence-corrected chi connectivity index (χ2v) is 5.06. The molecule has 18 heavy (non-hydrogen) atoms. The smallest absolute Gasteiger partial charge is 0.148 e. The van der Waals surface area contributed by atoms with E-state index in [1.807, 2.05) is 0 Å². The van der Waals surface area contributed by atoms with Crippen LogP contribution in [0.1, 0.15) is 45.1 Å². The van der Waals surface area contributed by atoms with E-state index in [4.69, 9.17) is 5.84 Å². The number of nitrogens with one attached hydrogen (secondary N) is 2. The molecule has 2 unspecified atom stereocenters. The lowest BCUT2D eigenvalue weighted by Gasteiger charge is -2.30. The monoisotopic (exact) mass is 249 g/mol. The third-order valence-electron chi connectivity index (χ3n) is 3.87. The lowest BCUT2D eigenvalue weighted by atomic mass is 9.86. The van der Waals surface area contributed by atoms with E-state index in [9.17, 15) is 0 Å². The van der Waals surface area contributed by atoms with Crippen molar-refractivity contribution in [3.63, 3.8) is 0 Å². The molecule has 0 saturated heterocycles. The van der Waals surface area contributed by atoms with E-state index >= 15 is 0 Å². The molecule has 2 atom stereocenters. The summed E-state index contributed by atoms with van der Waals surface area (Å²) >= 11 is 0. The summed E-state index contributed by atoms with van der Waals surface area (Å²) in [7, 11) is 0. The molecule has 100 valence electrons. The van der Waals surface area contributed by atoms with Crippen molar-refractivity contribution >= 4 is 11.6 Å². The maximum Gasteiger partial charge on any atom is 0.148 e. The normalized spacial score (nSPS) is 23.7. The minimum Gasteiger partial charge on any atom is -0.367 e. The molecular formula is C13H23N5. The van der Waals surface area contributed by atoms with Gasteiger partial charge in [0, 0.05) is 11.6 Å². The molecular weight excluding hydrogens is 226 g/mol. The Bertz CT molecular complexity index is 393. The quantitative estimate of drug-likeness (QED) is 0.564. The van der Waals surface area contributed by atoms with Gasteiger partial charge in [0.15, 0.2) is 0 Å². The van der Waals surface area contributed by atoms with E-state index in [0.717, 1.165) is 23.6 Å². The number of rotatable bonds is 4. The van der Waals surface area contributed by atoms with Crippen LogP contribution in [-0.2, 0) is 6.42 Å². The third kappa shape index (κ3) is 2.72. The standard InChI is InChI=1S/C13H23N5/c1-3-10-12(15-8-16-13(10)18-14)17-11-7-5-4-6-9(11)2/h8-9,11H,3-7,14H2,1-2H3,(H2,15,16,17,18). The van der Waals surface area contributed by atoms with Crippen molar-refractivity contribution in [3.8, 4) is 0 Å². The molecule has 0 spiro atoms. The van der Waals surface area contributed by atoms with E-state index < -0.39 is 0 Å². The number of anilines is 2. The summed E-state index contributed by atoms with van der Waals surface area (Å²) in [6, 6.07) is 0.518. The summed E-state index contributed by atoms with van der Waals surface area (Å²) in [6.07, 6.45) is 7.59. The number of aromatic nitrogens is 2. The SMILES string of the molecule is CCc1c(NN)ncnc1NC1CCCCC1C. The van der Waals surface area contributed by atoms with Gasteiger partial charge in [-0.15, -0.1) is 0 Å². The van der Waals surface area contributed by atoms with Crippen molar-refractivity contribution in [2.24, 2.45) is 11.8 Å². The number of nitrogens with two attached hydrogens (primary N) is 1. The molecule has 5 nitrogen and oxygen atoms in total. The van der Waals surface area contributed by atoms with Crippen molar-refractivity contribution in [3.05, 3.63) is 11.9 Å². The van der Waals surface area contributed by atoms with Gasteiger partial charge in [-0.05, 0) is 25.2 Å². The summed E-state index contributed by atoms with van der Waals surface area (Å²) in [4.78, 5) is 8.52. The molecule has 1 fully saturated rings. The van der Waals surface area contributed by atoms with Gasteiger partial charge >= 0.3 is 0 Å². The van der Waals surface area contributed by atoms with Crippen molar-refractivity contribution in [2.75, 3.05) is 10.7 Å². The molecule has 5 heteroatoms. The summed E-state index contributed by atoms with van der Waals surface area (Å²) in [6.45, 7) is 4.40. The highest BCUT2D eigenvalue weighted by atomic mass is 15.3. The summed E-state index contributed by atoms with van der Waals surface area (Å²) in [5.41, 5.74) is 3.71. The van der Waals surface area contributed by atoms with Crippen LogP contribution in [0.4, 0.5) is 11.6 Å². The predicted molar refractivity (Wildman–Crippen MR) is 74.3 cm³/mol. The Morgan fingerprint density at radius 3 is 2.67 bits per heavy atom. The number of nitrogens with zero attached hydrogens (tertiary/aromatic N) is 2. The Labute approximate surface area is 109 Å². The topological polar surface area (TPSA) is 75.9 Å². The zero-order valence-corrected chi connectivity index (χ0v) is 11.2. The van der Waals surface area contributed by atoms with Crippen LogP contribution >= 0.6 is 0 Å². The molecule has 1 heterocycles. The van der Waals surface area contributed by atoms with Crippen LogP contribution < -0.4 is 16.6 Å². The van der Waals surface area contributed by atoms with Gasteiger partial charge in [-0.1, -0.05) is 26.7 Å². The minimum absolute atomic E-state index is 0.518. The summed E-state index contributed by atoms with van der Waals surface area (Å²) in [5, 5.41) is 3.58. The molecule has 0 bridgehead atoms. The van der Waals surface area contributed by atoms with Crippen molar-refractivity contribution in [1.82, 2.24) is 9.97 Å². The van der Waals surface area contributed by atoms with Crippen molar-refractivity contribution < 1.29 is 0 Å². The van der Waals surface area contributed by atoms with Crippen molar-refractivity contribution in [1.29, 1.82) is 0 Å². The van der Waals surface area contributed by atoms with E-state index in [-0.39, 0.29) is 0 Å². The fourth-order valence-electron chi connectivity index (χ4n) is 2.70.